The fourth-order valence-electron chi connectivity index (χ4n) is 4.52. The van der Waals surface area contributed by atoms with Crippen molar-refractivity contribution in [2.24, 2.45) is 11.1 Å². The Morgan fingerprint density at radius 1 is 1.22 bits per heavy atom. The highest BCUT2D eigenvalue weighted by Crippen LogP contribution is 2.40. The van der Waals surface area contributed by atoms with Gasteiger partial charge in [-0.3, -0.25) is 14.3 Å². The van der Waals surface area contributed by atoms with Gasteiger partial charge in [0.2, 0.25) is 0 Å². The van der Waals surface area contributed by atoms with Crippen LogP contribution < -0.4 is 21.5 Å². The van der Waals surface area contributed by atoms with Crippen molar-refractivity contribution >= 4 is 28.2 Å². The summed E-state index contributed by atoms with van der Waals surface area (Å²) in [7, 11) is 0. The number of nitrogens with one attached hydrogen (secondary N) is 1. The molecule has 1 atom stereocenters. The number of hydrogen-bond acceptors (Lipinski definition) is 6. The number of nitrogens with two attached hydrogens (primary N) is 1. The smallest absolute Gasteiger partial charge is 0.276 e. The molecule has 0 radical (unpaired) electrons. The number of carbonyl (C=O) groups excluding carboxylic acids is 1. The second-order valence-corrected chi connectivity index (χ2v) is 9.53. The number of hydrogen-bond donors (Lipinski definition) is 2. The van der Waals surface area contributed by atoms with Crippen LogP contribution in [0.25, 0.3) is 16.6 Å². The van der Waals surface area contributed by atoms with Gasteiger partial charge in [0, 0.05) is 41.2 Å². The van der Waals surface area contributed by atoms with Crippen molar-refractivity contribution in [2.75, 3.05) is 23.3 Å². The first-order valence-electron chi connectivity index (χ1n) is 13.9. The van der Waals surface area contributed by atoms with E-state index in [0.717, 1.165) is 35.0 Å². The lowest BCUT2D eigenvalue weighted by Crippen LogP contribution is -2.35. The Hall–Kier alpha value is -4.12. The molecule has 1 amide bonds. The lowest BCUT2D eigenvalue weighted by molar-refractivity contribution is 0.102. The standard InChI is InChI=1S/C26H27F2N7O2/c1-4-34-20-10-8-18(23(15(20)12-30-34)33-13-21(29)26(2,3)14-33)31-25(37)19-9-11-22(36)35(32-19)24-16(27)6-5-7-17(24)28/h5-12,21H,4,13-14,29H2,1-3H3,(H,31,37)/t21-/m1/s1/i1D3,4D2. The minimum atomic E-state index is -3.02. The summed E-state index contributed by atoms with van der Waals surface area (Å²) in [5.74, 6) is -2.90. The summed E-state index contributed by atoms with van der Waals surface area (Å²) >= 11 is 0. The molecule has 192 valence electrons. The number of fused-ring (bicyclic) bond motifs is 1. The molecule has 1 aliphatic heterocycles. The zero-order valence-electron chi connectivity index (χ0n) is 25.0. The molecule has 0 aliphatic carbocycles. The monoisotopic (exact) mass is 512 g/mol. The average molecular weight is 513 g/mol. The Morgan fingerprint density at radius 2 is 1.97 bits per heavy atom. The van der Waals surface area contributed by atoms with Crippen LogP contribution in [0.5, 0.6) is 0 Å². The highest BCUT2D eigenvalue weighted by atomic mass is 19.1. The summed E-state index contributed by atoms with van der Waals surface area (Å²) in [5.41, 5.74) is 4.95. The molecule has 1 aliphatic rings. The molecular formula is C26H27F2N7O2. The highest BCUT2D eigenvalue weighted by Gasteiger charge is 2.38. The van der Waals surface area contributed by atoms with E-state index in [1.165, 1.54) is 18.3 Å². The lowest BCUT2D eigenvalue weighted by atomic mass is 9.89. The summed E-state index contributed by atoms with van der Waals surface area (Å²) in [6.07, 6.45) is 1.32. The molecule has 0 spiro atoms. The molecule has 3 N–H and O–H groups in total. The Bertz CT molecular complexity index is 1750. The fraction of sp³-hybridized carbons (Fsp3) is 0.308. The number of aryl methyl sites for hydroxylation is 1. The maximum Gasteiger partial charge on any atom is 0.276 e. The van der Waals surface area contributed by atoms with Gasteiger partial charge in [-0.2, -0.15) is 14.9 Å². The predicted octanol–water partition coefficient (Wildman–Crippen LogP) is 3.31. The van der Waals surface area contributed by atoms with Crippen LogP contribution in [0.4, 0.5) is 20.2 Å². The van der Waals surface area contributed by atoms with Gasteiger partial charge in [-0.05, 0) is 42.6 Å². The first-order chi connectivity index (χ1) is 19.5. The largest absolute Gasteiger partial charge is 0.367 e. The van der Waals surface area contributed by atoms with E-state index in [1.807, 2.05) is 18.7 Å². The van der Waals surface area contributed by atoms with Crippen molar-refractivity contribution in [1.82, 2.24) is 19.6 Å². The molecule has 4 aromatic rings. The van der Waals surface area contributed by atoms with Crippen LogP contribution in [0, 0.1) is 17.0 Å². The summed E-state index contributed by atoms with van der Waals surface area (Å²) in [4.78, 5) is 27.7. The van der Waals surface area contributed by atoms with Crippen molar-refractivity contribution in [3.8, 4) is 5.69 Å². The molecule has 0 unspecified atom stereocenters. The molecule has 37 heavy (non-hydrogen) atoms. The number of aromatic nitrogens is 4. The Balaban J connectivity index is 1.61. The number of benzene rings is 2. The topological polar surface area (TPSA) is 111 Å². The first kappa shape index (κ1) is 19.1. The Kier molecular flexibility index (Phi) is 4.67. The third-order valence-corrected chi connectivity index (χ3v) is 6.60. The number of para-hydroxylation sites is 1. The highest BCUT2D eigenvalue weighted by molar-refractivity contribution is 6.09. The Morgan fingerprint density at radius 3 is 2.65 bits per heavy atom. The molecular weight excluding hydrogens is 480 g/mol. The van der Waals surface area contributed by atoms with Crippen molar-refractivity contribution < 1.29 is 20.4 Å². The fourth-order valence-corrected chi connectivity index (χ4v) is 4.52. The van der Waals surface area contributed by atoms with Gasteiger partial charge < -0.3 is 16.0 Å². The zero-order chi connectivity index (χ0) is 30.8. The molecule has 5 rings (SSSR count). The van der Waals surface area contributed by atoms with Crippen LogP contribution in [-0.2, 0) is 6.50 Å². The lowest BCUT2D eigenvalue weighted by Gasteiger charge is -2.25. The average Bonchev–Trinajstić information content (AvgIpc) is 3.44. The second kappa shape index (κ2) is 9.07. The van der Waals surface area contributed by atoms with Crippen molar-refractivity contribution in [3.05, 3.63) is 76.3 Å². The van der Waals surface area contributed by atoms with Crippen molar-refractivity contribution in [1.29, 1.82) is 0 Å². The SMILES string of the molecule is [2H]C([2H])([2H])C([2H])([2H])n1ncc2c(N3C[C@@H](N)C(C)(C)C3)c(NC(=O)c3ccc(=O)n(-c4c(F)cccc4F)n3)ccc21. The summed E-state index contributed by atoms with van der Waals surface area (Å²) in [6, 6.07) is 7.74. The van der Waals surface area contributed by atoms with Gasteiger partial charge in [-0.25, -0.2) is 8.78 Å². The Labute approximate surface area is 218 Å². The predicted molar refractivity (Wildman–Crippen MR) is 137 cm³/mol. The van der Waals surface area contributed by atoms with Crippen LogP contribution in [0.15, 0.2) is 53.5 Å². The van der Waals surface area contributed by atoms with Gasteiger partial charge in [-0.1, -0.05) is 19.9 Å². The van der Waals surface area contributed by atoms with E-state index in [9.17, 15) is 18.4 Å². The van der Waals surface area contributed by atoms with Gasteiger partial charge in [0.05, 0.1) is 25.8 Å². The van der Waals surface area contributed by atoms with E-state index in [-0.39, 0.29) is 28.4 Å². The van der Waals surface area contributed by atoms with Crippen LogP contribution in [0.2, 0.25) is 0 Å². The van der Waals surface area contributed by atoms with Crippen molar-refractivity contribution in [2.45, 2.75) is 33.2 Å². The van der Waals surface area contributed by atoms with Gasteiger partial charge in [-0.15, -0.1) is 0 Å². The van der Waals surface area contributed by atoms with Crippen LogP contribution >= 0.6 is 0 Å². The number of nitrogens with zero attached hydrogens (tertiary/aromatic N) is 5. The van der Waals surface area contributed by atoms with Gasteiger partial charge in [0.25, 0.3) is 11.5 Å². The third-order valence-electron chi connectivity index (χ3n) is 6.60. The van der Waals surface area contributed by atoms with E-state index >= 15 is 0 Å². The maximum atomic E-state index is 14.4. The molecule has 9 nitrogen and oxygen atoms in total. The summed E-state index contributed by atoms with van der Waals surface area (Å²) in [6.45, 7) is -1.10. The number of anilines is 2. The minimum Gasteiger partial charge on any atom is -0.367 e. The molecule has 0 bridgehead atoms. The quantitative estimate of drug-likeness (QED) is 0.425. The van der Waals surface area contributed by atoms with Crippen molar-refractivity contribution in [3.63, 3.8) is 0 Å². The molecule has 1 saturated heterocycles. The normalized spacial score (nSPS) is 19.6. The third kappa shape index (κ3) is 4.25. The summed E-state index contributed by atoms with van der Waals surface area (Å²) < 4.78 is 69.5. The van der Waals surface area contributed by atoms with Crippen LogP contribution in [-0.4, -0.2) is 44.6 Å². The number of carbonyl (C=O) groups is 1. The van der Waals surface area contributed by atoms with E-state index in [4.69, 9.17) is 12.6 Å². The van der Waals surface area contributed by atoms with E-state index < -0.39 is 42.1 Å². The maximum absolute atomic E-state index is 14.4. The first-order valence-corrected chi connectivity index (χ1v) is 11.4. The molecule has 0 saturated carbocycles. The van der Waals surface area contributed by atoms with Gasteiger partial charge >= 0.3 is 0 Å². The summed E-state index contributed by atoms with van der Waals surface area (Å²) in [5, 5.41) is 11.0. The molecule has 1 fully saturated rings. The van der Waals surface area contributed by atoms with Gasteiger partial charge in [0.1, 0.15) is 11.4 Å². The zero-order valence-corrected chi connectivity index (χ0v) is 20.0. The molecule has 3 heterocycles. The number of amides is 1. The number of rotatable bonds is 5. The minimum absolute atomic E-state index is 0.170. The van der Waals surface area contributed by atoms with E-state index in [1.54, 1.807) is 0 Å². The molecule has 11 heteroatoms. The van der Waals surface area contributed by atoms with Gasteiger partial charge in [0.15, 0.2) is 11.6 Å². The van der Waals surface area contributed by atoms with E-state index in [2.05, 4.69) is 15.5 Å². The van der Waals surface area contributed by atoms with Crippen LogP contribution in [0.1, 0.15) is 38.0 Å². The van der Waals surface area contributed by atoms with E-state index in [0.29, 0.717) is 28.8 Å². The second-order valence-electron chi connectivity index (χ2n) is 9.53. The molecule has 2 aromatic heterocycles. The van der Waals surface area contributed by atoms with Crippen LogP contribution in [0.3, 0.4) is 0 Å². The molecule has 2 aromatic carbocycles. The number of halogens is 2.